The molecule has 3 aromatic rings. The molecule has 1 fully saturated rings. The third-order valence-electron chi connectivity index (χ3n) is 4.59. The van der Waals surface area contributed by atoms with Gasteiger partial charge in [-0.25, -0.2) is 4.99 Å². The smallest absolute Gasteiger partial charge is 0.264 e. The molecular weight excluding hydrogens is 576 g/mol. The molecule has 0 bridgehead atoms. The number of halogens is 3. The second kappa shape index (κ2) is 10.3. The van der Waals surface area contributed by atoms with Crippen LogP contribution in [0.25, 0.3) is 6.08 Å². The molecule has 0 spiro atoms. The van der Waals surface area contributed by atoms with Crippen molar-refractivity contribution in [3.8, 4) is 5.75 Å². The molecule has 162 valence electrons. The molecule has 1 heterocycles. The molecule has 0 saturated carbocycles. The zero-order chi connectivity index (χ0) is 22.7. The summed E-state index contributed by atoms with van der Waals surface area (Å²) in [6.45, 7) is 2.40. The van der Waals surface area contributed by atoms with Gasteiger partial charge in [-0.3, -0.25) is 4.79 Å². The lowest BCUT2D eigenvalue weighted by Crippen LogP contribution is -2.19. The molecule has 32 heavy (non-hydrogen) atoms. The van der Waals surface area contributed by atoms with Crippen molar-refractivity contribution in [2.24, 2.45) is 4.99 Å². The maximum absolute atomic E-state index is 12.4. The Hall–Kier alpha value is -2.06. The van der Waals surface area contributed by atoms with Crippen LogP contribution in [0.3, 0.4) is 0 Å². The Balaban J connectivity index is 1.46. The van der Waals surface area contributed by atoms with Crippen molar-refractivity contribution in [3.63, 3.8) is 0 Å². The SMILES string of the molecule is Cc1cc(Cl)ccc1N=C1NC(=O)/C(=C/c2ccc(OCc3ccc(Br)cc3)c(Br)c2)S1. The van der Waals surface area contributed by atoms with Crippen LogP contribution >= 0.6 is 55.2 Å². The number of aryl methyl sites for hydroxylation is 1. The molecule has 0 aromatic heterocycles. The lowest BCUT2D eigenvalue weighted by atomic mass is 10.2. The number of carbonyl (C=O) groups excluding carboxylic acids is 1. The van der Waals surface area contributed by atoms with Gasteiger partial charge in [-0.2, -0.15) is 0 Å². The zero-order valence-electron chi connectivity index (χ0n) is 16.9. The van der Waals surface area contributed by atoms with Gasteiger partial charge in [0, 0.05) is 9.50 Å². The van der Waals surface area contributed by atoms with E-state index in [1.165, 1.54) is 11.8 Å². The highest BCUT2D eigenvalue weighted by atomic mass is 79.9. The first-order valence-electron chi connectivity index (χ1n) is 9.60. The number of benzene rings is 3. The van der Waals surface area contributed by atoms with Gasteiger partial charge in [-0.15, -0.1) is 0 Å². The number of thioether (sulfide) groups is 1. The van der Waals surface area contributed by atoms with Crippen LogP contribution < -0.4 is 10.1 Å². The van der Waals surface area contributed by atoms with Crippen LogP contribution in [0.2, 0.25) is 5.02 Å². The lowest BCUT2D eigenvalue weighted by molar-refractivity contribution is -0.115. The quantitative estimate of drug-likeness (QED) is 0.310. The van der Waals surface area contributed by atoms with Gasteiger partial charge in [-0.1, -0.05) is 45.7 Å². The third-order valence-corrected chi connectivity index (χ3v) is 6.89. The van der Waals surface area contributed by atoms with Crippen LogP contribution in [0.5, 0.6) is 5.75 Å². The van der Waals surface area contributed by atoms with Crippen molar-refractivity contribution in [3.05, 3.63) is 96.2 Å². The number of nitrogens with one attached hydrogen (secondary N) is 1. The van der Waals surface area contributed by atoms with E-state index in [1.807, 2.05) is 67.6 Å². The number of amidine groups is 1. The summed E-state index contributed by atoms with van der Waals surface area (Å²) >= 11 is 14.3. The summed E-state index contributed by atoms with van der Waals surface area (Å²) in [5.74, 6) is 0.561. The minimum absolute atomic E-state index is 0.174. The highest BCUT2D eigenvalue weighted by Crippen LogP contribution is 2.32. The first kappa shape index (κ1) is 23.1. The van der Waals surface area contributed by atoms with Gasteiger partial charge < -0.3 is 10.1 Å². The summed E-state index contributed by atoms with van der Waals surface area (Å²) < 4.78 is 7.77. The molecule has 1 aliphatic heterocycles. The third kappa shape index (κ3) is 5.84. The normalized spacial score (nSPS) is 15.9. The molecule has 1 N–H and O–H groups in total. The number of hydrogen-bond donors (Lipinski definition) is 1. The molecular formula is C24H17Br2ClN2O2S. The molecule has 1 aliphatic rings. The van der Waals surface area contributed by atoms with Crippen molar-refractivity contribution >= 4 is 78.1 Å². The zero-order valence-corrected chi connectivity index (χ0v) is 21.6. The van der Waals surface area contributed by atoms with Crippen LogP contribution in [0, 0.1) is 6.92 Å². The fraction of sp³-hybridized carbons (Fsp3) is 0.0833. The van der Waals surface area contributed by atoms with Crippen molar-refractivity contribution in [1.82, 2.24) is 5.32 Å². The Kier molecular flexibility index (Phi) is 7.40. The Bertz CT molecular complexity index is 1240. The van der Waals surface area contributed by atoms with E-state index in [2.05, 4.69) is 42.2 Å². The molecule has 8 heteroatoms. The maximum Gasteiger partial charge on any atom is 0.264 e. The van der Waals surface area contributed by atoms with Crippen molar-refractivity contribution in [2.45, 2.75) is 13.5 Å². The maximum atomic E-state index is 12.4. The minimum Gasteiger partial charge on any atom is -0.488 e. The second-order valence-electron chi connectivity index (χ2n) is 7.02. The summed E-state index contributed by atoms with van der Waals surface area (Å²) in [7, 11) is 0. The van der Waals surface area contributed by atoms with Gasteiger partial charge in [0.2, 0.25) is 0 Å². The van der Waals surface area contributed by atoms with Crippen LogP contribution in [0.4, 0.5) is 5.69 Å². The van der Waals surface area contributed by atoms with E-state index in [-0.39, 0.29) is 5.91 Å². The fourth-order valence-electron chi connectivity index (χ4n) is 2.95. The molecule has 3 aromatic carbocycles. The molecule has 0 aliphatic carbocycles. The number of nitrogens with zero attached hydrogens (tertiary/aromatic N) is 1. The fourth-order valence-corrected chi connectivity index (χ4v) is 4.79. The Morgan fingerprint density at radius 1 is 1.09 bits per heavy atom. The largest absolute Gasteiger partial charge is 0.488 e. The first-order chi connectivity index (χ1) is 15.4. The number of aliphatic imine (C=N–C) groups is 1. The number of amides is 1. The van der Waals surface area contributed by atoms with Crippen LogP contribution in [0.15, 0.2) is 79.5 Å². The predicted octanol–water partition coefficient (Wildman–Crippen LogP) is 7.64. The summed E-state index contributed by atoms with van der Waals surface area (Å²) in [5, 5.41) is 4.02. The number of ether oxygens (including phenoxy) is 1. The highest BCUT2D eigenvalue weighted by Gasteiger charge is 2.24. The Morgan fingerprint density at radius 3 is 2.59 bits per heavy atom. The molecule has 1 amide bonds. The van der Waals surface area contributed by atoms with Crippen LogP contribution in [-0.2, 0) is 11.4 Å². The second-order valence-corrected chi connectivity index (χ2v) is 10.3. The van der Waals surface area contributed by atoms with E-state index < -0.39 is 0 Å². The first-order valence-corrected chi connectivity index (χ1v) is 12.4. The minimum atomic E-state index is -0.174. The summed E-state index contributed by atoms with van der Waals surface area (Å²) in [4.78, 5) is 17.5. The van der Waals surface area contributed by atoms with Gasteiger partial charge >= 0.3 is 0 Å². The van der Waals surface area contributed by atoms with Gasteiger partial charge in [0.25, 0.3) is 5.91 Å². The number of hydrogen-bond acceptors (Lipinski definition) is 4. The summed E-state index contributed by atoms with van der Waals surface area (Å²) in [6, 6.07) is 19.2. The van der Waals surface area contributed by atoms with Gasteiger partial charge in [0.05, 0.1) is 15.1 Å². The average molecular weight is 593 g/mol. The van der Waals surface area contributed by atoms with Gasteiger partial charge in [0.1, 0.15) is 12.4 Å². The summed E-state index contributed by atoms with van der Waals surface area (Å²) in [6.07, 6.45) is 1.83. The lowest BCUT2D eigenvalue weighted by Gasteiger charge is -2.09. The van der Waals surface area contributed by atoms with Gasteiger partial charge in [-0.05, 0) is 99.8 Å². The standard InChI is InChI=1S/C24H17Br2ClN2O2S/c1-14-10-18(27)7-8-20(14)28-24-29-23(30)22(32-24)12-16-4-9-21(19(26)11-16)31-13-15-2-5-17(25)6-3-15/h2-12H,13H2,1H3,(H,28,29,30)/b22-12-. The van der Waals surface area contributed by atoms with Crippen molar-refractivity contribution in [2.75, 3.05) is 0 Å². The van der Waals surface area contributed by atoms with Crippen LogP contribution in [-0.4, -0.2) is 11.1 Å². The summed E-state index contributed by atoms with van der Waals surface area (Å²) in [5.41, 5.74) is 3.68. The molecule has 1 saturated heterocycles. The Morgan fingerprint density at radius 2 is 1.88 bits per heavy atom. The number of carbonyl (C=O) groups is 1. The van der Waals surface area contributed by atoms with Crippen LogP contribution in [0.1, 0.15) is 16.7 Å². The molecule has 0 unspecified atom stereocenters. The average Bonchev–Trinajstić information content (AvgIpc) is 3.09. The molecule has 4 rings (SSSR count). The molecule has 0 radical (unpaired) electrons. The van der Waals surface area contributed by atoms with E-state index in [0.29, 0.717) is 21.7 Å². The van der Waals surface area contributed by atoms with E-state index >= 15 is 0 Å². The van der Waals surface area contributed by atoms with E-state index in [1.54, 1.807) is 6.07 Å². The monoisotopic (exact) mass is 590 g/mol. The topological polar surface area (TPSA) is 50.7 Å². The van der Waals surface area contributed by atoms with E-state index in [0.717, 1.165) is 37.1 Å². The van der Waals surface area contributed by atoms with Crippen molar-refractivity contribution in [1.29, 1.82) is 0 Å². The van der Waals surface area contributed by atoms with Crippen molar-refractivity contribution < 1.29 is 9.53 Å². The van der Waals surface area contributed by atoms with Gasteiger partial charge in [0.15, 0.2) is 5.17 Å². The molecule has 4 nitrogen and oxygen atoms in total. The molecule has 0 atom stereocenters. The highest BCUT2D eigenvalue weighted by molar-refractivity contribution is 9.10. The predicted molar refractivity (Wildman–Crippen MR) is 140 cm³/mol. The van der Waals surface area contributed by atoms with E-state index in [4.69, 9.17) is 16.3 Å². The Labute approximate surface area is 212 Å². The van der Waals surface area contributed by atoms with E-state index in [9.17, 15) is 4.79 Å². The number of rotatable bonds is 5.